The number of likely N-dealkylation sites (N-methyl/N-ethyl adjacent to an activating group) is 1. The third-order valence-corrected chi connectivity index (χ3v) is 8.63. The van der Waals surface area contributed by atoms with E-state index in [1.807, 2.05) is 0 Å². The molecule has 0 saturated carbocycles. The lowest BCUT2D eigenvalue weighted by atomic mass is 9.76. The number of hydrogen-bond donors (Lipinski definition) is 0. The van der Waals surface area contributed by atoms with Gasteiger partial charge in [0, 0.05) is 35.3 Å². The molecule has 1 aromatic heterocycles. The van der Waals surface area contributed by atoms with Gasteiger partial charge in [0.15, 0.2) is 11.0 Å². The molecular formula is C36H38N3+. The average Bonchev–Trinajstić information content (AvgIpc) is 3.40. The van der Waals surface area contributed by atoms with E-state index in [0.29, 0.717) is 0 Å². The first-order valence-electron chi connectivity index (χ1n) is 14.2. The minimum absolute atomic E-state index is 0.115. The molecule has 1 aliphatic rings. The predicted octanol–water partition coefficient (Wildman–Crippen LogP) is 8.55. The van der Waals surface area contributed by atoms with Crippen LogP contribution in [0.4, 0.5) is 5.69 Å². The van der Waals surface area contributed by atoms with Gasteiger partial charge in [0.2, 0.25) is 0 Å². The lowest BCUT2D eigenvalue weighted by Gasteiger charge is -2.28. The van der Waals surface area contributed by atoms with Crippen molar-refractivity contribution in [1.29, 1.82) is 0 Å². The number of anilines is 1. The number of aromatic nitrogens is 2. The topological polar surface area (TPSA) is 12.0 Å². The fourth-order valence-corrected chi connectivity index (χ4v) is 6.79. The highest BCUT2D eigenvalue weighted by Gasteiger charge is 2.42. The van der Waals surface area contributed by atoms with Crippen LogP contribution in [0.25, 0.3) is 38.7 Å². The lowest BCUT2D eigenvalue weighted by molar-refractivity contribution is -0.669. The summed E-state index contributed by atoms with van der Waals surface area (Å²) in [4.78, 5) is 2.40. The molecule has 0 aliphatic carbocycles. The number of hydrogen-bond acceptors (Lipinski definition) is 1. The molecule has 1 unspecified atom stereocenters. The Bertz CT molecular complexity index is 1800. The van der Waals surface area contributed by atoms with E-state index in [4.69, 9.17) is 0 Å². The quantitative estimate of drug-likeness (QED) is 0.164. The van der Waals surface area contributed by atoms with Crippen LogP contribution in [0.5, 0.6) is 0 Å². The zero-order chi connectivity index (χ0) is 27.1. The van der Waals surface area contributed by atoms with Gasteiger partial charge in [-0.25, -0.2) is 9.13 Å². The second-order valence-corrected chi connectivity index (χ2v) is 10.8. The molecule has 0 radical (unpaired) electrons. The minimum Gasteiger partial charge on any atom is -0.347 e. The summed E-state index contributed by atoms with van der Waals surface area (Å²) in [5.41, 5.74) is 6.56. The van der Waals surface area contributed by atoms with Crippen LogP contribution in [0.15, 0.2) is 103 Å². The Balaban J connectivity index is 1.51. The monoisotopic (exact) mass is 512 g/mol. The first kappa shape index (κ1) is 25.2. The lowest BCUT2D eigenvalue weighted by Crippen LogP contribution is -2.35. The summed E-state index contributed by atoms with van der Waals surface area (Å²) in [6.45, 7) is 10.9. The molecule has 39 heavy (non-hydrogen) atoms. The highest BCUT2D eigenvalue weighted by Crippen LogP contribution is 2.52. The summed E-state index contributed by atoms with van der Waals surface area (Å²) < 4.78 is 4.91. The number of benzene rings is 4. The van der Waals surface area contributed by atoms with E-state index in [0.717, 1.165) is 19.5 Å². The molecular weight excluding hydrogens is 474 g/mol. The van der Waals surface area contributed by atoms with Gasteiger partial charge in [-0.15, -0.1) is 0 Å². The van der Waals surface area contributed by atoms with Crippen molar-refractivity contribution < 1.29 is 4.57 Å². The van der Waals surface area contributed by atoms with E-state index in [1.165, 1.54) is 55.4 Å². The normalized spacial score (nSPS) is 18.6. The Morgan fingerprint density at radius 2 is 1.56 bits per heavy atom. The van der Waals surface area contributed by atoms with Gasteiger partial charge in [0.1, 0.15) is 0 Å². The Morgan fingerprint density at radius 3 is 2.28 bits per heavy atom. The Kier molecular flexibility index (Phi) is 6.38. The van der Waals surface area contributed by atoms with Gasteiger partial charge in [-0.3, -0.25) is 0 Å². The molecule has 6 rings (SSSR count). The maximum Gasteiger partial charge on any atom is 0.282 e. The highest BCUT2D eigenvalue weighted by atomic mass is 15.2. The first-order valence-corrected chi connectivity index (χ1v) is 14.2. The predicted molar refractivity (Wildman–Crippen MR) is 167 cm³/mol. The largest absolute Gasteiger partial charge is 0.347 e. The fraction of sp³-hybridized carbons (Fsp3) is 0.250. The smallest absolute Gasteiger partial charge is 0.282 e. The summed E-state index contributed by atoms with van der Waals surface area (Å²) >= 11 is 0. The Morgan fingerprint density at radius 1 is 0.872 bits per heavy atom. The van der Waals surface area contributed by atoms with Gasteiger partial charge < -0.3 is 4.90 Å². The van der Waals surface area contributed by atoms with E-state index in [9.17, 15) is 0 Å². The van der Waals surface area contributed by atoms with Crippen molar-refractivity contribution in [3.8, 4) is 0 Å². The van der Waals surface area contributed by atoms with Crippen molar-refractivity contribution in [1.82, 2.24) is 4.57 Å². The van der Waals surface area contributed by atoms with Gasteiger partial charge in [-0.2, -0.15) is 0 Å². The van der Waals surface area contributed by atoms with Crippen LogP contribution in [0.2, 0.25) is 0 Å². The highest BCUT2D eigenvalue weighted by molar-refractivity contribution is 6.02. The van der Waals surface area contributed by atoms with Crippen LogP contribution in [-0.4, -0.2) is 11.6 Å². The second kappa shape index (κ2) is 9.89. The van der Waals surface area contributed by atoms with Crippen LogP contribution in [-0.2, 0) is 18.5 Å². The number of nitrogens with zero attached hydrogens (tertiary/aromatic N) is 3. The molecule has 0 saturated heterocycles. The molecule has 0 spiro atoms. The van der Waals surface area contributed by atoms with Gasteiger partial charge >= 0.3 is 0 Å². The van der Waals surface area contributed by atoms with Crippen LogP contribution >= 0.6 is 0 Å². The molecule has 0 amide bonds. The van der Waals surface area contributed by atoms with Gasteiger partial charge in [0.25, 0.3) is 5.82 Å². The van der Waals surface area contributed by atoms with Crippen LogP contribution in [0.1, 0.15) is 45.5 Å². The van der Waals surface area contributed by atoms with Crippen molar-refractivity contribution in [3.63, 3.8) is 0 Å². The zero-order valence-electron chi connectivity index (χ0n) is 23.8. The molecule has 0 fully saturated rings. The zero-order valence-corrected chi connectivity index (χ0v) is 23.8. The number of rotatable bonds is 6. The Labute approximate surface area is 232 Å². The number of imidazole rings is 1. The molecule has 0 bridgehead atoms. The number of fused-ring (bicyclic) bond motifs is 6. The number of allylic oxidation sites excluding steroid dienone is 5. The van der Waals surface area contributed by atoms with Crippen molar-refractivity contribution in [3.05, 3.63) is 114 Å². The molecule has 3 nitrogen and oxygen atoms in total. The van der Waals surface area contributed by atoms with E-state index in [1.54, 1.807) is 0 Å². The maximum atomic E-state index is 2.47. The summed E-state index contributed by atoms with van der Waals surface area (Å²) in [5, 5.41) is 5.25. The molecule has 0 N–H and O–H groups in total. The van der Waals surface area contributed by atoms with Crippen LogP contribution < -0.4 is 9.47 Å². The number of aryl methyl sites for hydroxylation is 2. The minimum atomic E-state index is -0.115. The molecule has 1 aliphatic heterocycles. The first-order chi connectivity index (χ1) is 19.0. The van der Waals surface area contributed by atoms with E-state index < -0.39 is 0 Å². The van der Waals surface area contributed by atoms with Gasteiger partial charge in [-0.05, 0) is 86.2 Å². The summed E-state index contributed by atoms with van der Waals surface area (Å²) in [7, 11) is 2.22. The standard InChI is InChI=1S/C36H38N3/c1-6-9-25-36(4)32(37(5)30-23-21-26-15-10-12-17-28(26)34(30)36)19-14-20-33-38(7-2)31-24-22-27-16-11-13-18-29(27)35(31)39(33)8-3/h6,9-24H,7-8,25H2,1-5H3/q+1. The maximum absolute atomic E-state index is 2.47. The molecule has 2 heterocycles. The molecule has 4 aromatic carbocycles. The van der Waals surface area contributed by atoms with Crippen LogP contribution in [0.3, 0.4) is 0 Å². The third-order valence-electron chi connectivity index (χ3n) is 8.63. The van der Waals surface area contributed by atoms with Crippen molar-refractivity contribution in [2.24, 2.45) is 0 Å². The van der Waals surface area contributed by atoms with Gasteiger partial charge in [-0.1, -0.05) is 66.8 Å². The summed E-state index contributed by atoms with van der Waals surface area (Å²) in [6, 6.07) is 26.6. The third kappa shape index (κ3) is 3.83. The van der Waals surface area contributed by atoms with Crippen molar-refractivity contribution >= 4 is 44.3 Å². The van der Waals surface area contributed by atoms with Crippen molar-refractivity contribution in [2.45, 2.75) is 52.6 Å². The van der Waals surface area contributed by atoms with Gasteiger partial charge in [0.05, 0.1) is 13.1 Å². The molecule has 1 atom stereocenters. The molecule has 196 valence electrons. The molecule has 5 aromatic rings. The summed E-state index contributed by atoms with van der Waals surface area (Å²) in [6.07, 6.45) is 12.4. The second-order valence-electron chi connectivity index (χ2n) is 10.8. The molecule has 3 heteroatoms. The van der Waals surface area contributed by atoms with Crippen LogP contribution in [0, 0.1) is 0 Å². The van der Waals surface area contributed by atoms with Crippen molar-refractivity contribution in [2.75, 3.05) is 11.9 Å². The average molecular weight is 513 g/mol. The fourth-order valence-electron chi connectivity index (χ4n) is 6.79. The van der Waals surface area contributed by atoms with E-state index in [-0.39, 0.29) is 5.41 Å². The summed E-state index contributed by atoms with van der Waals surface area (Å²) in [5.74, 6) is 1.24. The van der Waals surface area contributed by atoms with E-state index >= 15 is 0 Å². The SMILES string of the molecule is CC=CCC1(C)C(=CC=Cc2n(CC)c3ccc4ccccc4c3[n+]2CC)N(C)c2ccc3ccccc3c21. The van der Waals surface area contributed by atoms with E-state index in [2.05, 4.69) is 152 Å². The Hall–Kier alpha value is -4.11.